The molecule has 22 heavy (non-hydrogen) atoms. The van der Waals surface area contributed by atoms with Crippen LogP contribution < -0.4 is 0 Å². The van der Waals surface area contributed by atoms with Crippen molar-refractivity contribution in [2.75, 3.05) is 0 Å². The van der Waals surface area contributed by atoms with Gasteiger partial charge >= 0.3 is 5.97 Å². The molecule has 0 fully saturated rings. The minimum absolute atomic E-state index is 0.00900. The summed E-state index contributed by atoms with van der Waals surface area (Å²) in [6, 6.07) is 13.3. The van der Waals surface area contributed by atoms with Gasteiger partial charge in [0.15, 0.2) is 5.78 Å². The van der Waals surface area contributed by atoms with E-state index < -0.39 is 5.97 Å². The SMILES string of the molecule is O=C(O)c1ccc2c3c(ccc(O)c13)C(=O)c1ccccc1-2. The van der Waals surface area contributed by atoms with E-state index >= 15 is 0 Å². The predicted molar refractivity (Wildman–Crippen MR) is 81.4 cm³/mol. The van der Waals surface area contributed by atoms with E-state index in [1.165, 1.54) is 12.1 Å². The lowest BCUT2D eigenvalue weighted by Gasteiger charge is -2.21. The highest BCUT2D eigenvalue weighted by Crippen LogP contribution is 2.43. The van der Waals surface area contributed by atoms with Crippen LogP contribution in [-0.4, -0.2) is 22.0 Å². The summed E-state index contributed by atoms with van der Waals surface area (Å²) in [5.74, 6) is -1.42. The number of benzene rings is 3. The average Bonchev–Trinajstić information content (AvgIpc) is 2.53. The zero-order chi connectivity index (χ0) is 15.4. The number of rotatable bonds is 1. The Balaban J connectivity index is 2.27. The van der Waals surface area contributed by atoms with Crippen LogP contribution in [0.4, 0.5) is 0 Å². The van der Waals surface area contributed by atoms with Crippen molar-refractivity contribution >= 4 is 22.5 Å². The number of hydrogen-bond acceptors (Lipinski definition) is 3. The van der Waals surface area contributed by atoms with Crippen LogP contribution in [0.3, 0.4) is 0 Å². The number of fused-ring (bicyclic) bond motifs is 2. The van der Waals surface area contributed by atoms with E-state index in [0.29, 0.717) is 16.5 Å². The van der Waals surface area contributed by atoms with E-state index in [0.717, 1.165) is 11.1 Å². The van der Waals surface area contributed by atoms with E-state index in [1.807, 2.05) is 12.1 Å². The van der Waals surface area contributed by atoms with Crippen molar-refractivity contribution in [2.45, 2.75) is 0 Å². The molecule has 3 aromatic carbocycles. The van der Waals surface area contributed by atoms with Crippen molar-refractivity contribution in [1.29, 1.82) is 0 Å². The number of carbonyl (C=O) groups is 2. The molecule has 0 saturated heterocycles. The van der Waals surface area contributed by atoms with Gasteiger partial charge in [-0.15, -0.1) is 0 Å². The number of ketones is 1. The highest BCUT2D eigenvalue weighted by atomic mass is 16.4. The van der Waals surface area contributed by atoms with Crippen LogP contribution in [0.15, 0.2) is 48.5 Å². The van der Waals surface area contributed by atoms with Crippen molar-refractivity contribution in [2.24, 2.45) is 0 Å². The van der Waals surface area contributed by atoms with E-state index in [2.05, 4.69) is 0 Å². The minimum Gasteiger partial charge on any atom is -0.507 e. The molecule has 0 unspecified atom stereocenters. The molecule has 0 saturated carbocycles. The molecule has 1 aliphatic rings. The topological polar surface area (TPSA) is 74.6 Å². The van der Waals surface area contributed by atoms with Crippen molar-refractivity contribution in [3.05, 3.63) is 65.2 Å². The lowest BCUT2D eigenvalue weighted by atomic mass is 9.81. The third kappa shape index (κ3) is 1.46. The molecule has 0 atom stereocenters. The molecule has 4 heteroatoms. The first-order chi connectivity index (χ1) is 10.6. The quantitative estimate of drug-likeness (QED) is 0.563. The zero-order valence-electron chi connectivity index (χ0n) is 11.3. The summed E-state index contributed by atoms with van der Waals surface area (Å²) in [5, 5.41) is 20.2. The van der Waals surface area contributed by atoms with Crippen molar-refractivity contribution in [1.82, 2.24) is 0 Å². The summed E-state index contributed by atoms with van der Waals surface area (Å²) in [7, 11) is 0. The van der Waals surface area contributed by atoms with E-state index in [-0.39, 0.29) is 22.5 Å². The molecule has 1 aliphatic carbocycles. The highest BCUT2D eigenvalue weighted by molar-refractivity contribution is 6.28. The maximum atomic E-state index is 12.7. The van der Waals surface area contributed by atoms with Crippen LogP contribution in [0.2, 0.25) is 0 Å². The van der Waals surface area contributed by atoms with Gasteiger partial charge < -0.3 is 10.2 Å². The molecule has 0 amide bonds. The van der Waals surface area contributed by atoms with Crippen LogP contribution in [0.25, 0.3) is 21.9 Å². The van der Waals surface area contributed by atoms with Gasteiger partial charge in [-0.05, 0) is 29.3 Å². The van der Waals surface area contributed by atoms with Gasteiger partial charge in [0.1, 0.15) is 5.75 Å². The molecule has 0 radical (unpaired) electrons. The normalized spacial score (nSPS) is 12.3. The summed E-state index contributed by atoms with van der Waals surface area (Å²) in [5.41, 5.74) is 2.52. The second-order valence-electron chi connectivity index (χ2n) is 5.22. The van der Waals surface area contributed by atoms with Crippen molar-refractivity contribution in [3.8, 4) is 16.9 Å². The van der Waals surface area contributed by atoms with Gasteiger partial charge in [-0.3, -0.25) is 4.79 Å². The van der Waals surface area contributed by atoms with Gasteiger partial charge in [-0.2, -0.15) is 0 Å². The van der Waals surface area contributed by atoms with E-state index in [9.17, 15) is 19.8 Å². The highest BCUT2D eigenvalue weighted by Gasteiger charge is 2.27. The number of hydrogen-bond donors (Lipinski definition) is 2. The molecule has 3 aromatic rings. The monoisotopic (exact) mass is 290 g/mol. The number of carboxylic acids is 1. The fourth-order valence-electron chi connectivity index (χ4n) is 3.13. The van der Waals surface area contributed by atoms with Crippen LogP contribution in [0.5, 0.6) is 5.75 Å². The summed E-state index contributed by atoms with van der Waals surface area (Å²) in [6.45, 7) is 0. The lowest BCUT2D eigenvalue weighted by Crippen LogP contribution is -2.11. The Morgan fingerprint density at radius 3 is 2.18 bits per heavy atom. The molecular weight excluding hydrogens is 280 g/mol. The summed E-state index contributed by atoms with van der Waals surface area (Å²) in [4.78, 5) is 24.1. The molecule has 4 rings (SSSR count). The number of carboxylic acid groups (broad SMARTS) is 1. The largest absolute Gasteiger partial charge is 0.507 e. The molecule has 0 aromatic heterocycles. The molecule has 0 aliphatic heterocycles. The Bertz CT molecular complexity index is 986. The lowest BCUT2D eigenvalue weighted by molar-refractivity contribution is 0.0698. The molecule has 0 spiro atoms. The minimum atomic E-state index is -1.13. The third-order valence-corrected chi connectivity index (χ3v) is 4.08. The fraction of sp³-hybridized carbons (Fsp3) is 0. The number of aromatic hydroxyl groups is 1. The zero-order valence-corrected chi connectivity index (χ0v) is 11.3. The second kappa shape index (κ2) is 4.18. The molecule has 0 heterocycles. The van der Waals surface area contributed by atoms with Crippen LogP contribution in [0.1, 0.15) is 26.3 Å². The summed E-state index contributed by atoms with van der Waals surface area (Å²) >= 11 is 0. The molecule has 0 bridgehead atoms. The van der Waals surface area contributed by atoms with E-state index in [1.54, 1.807) is 24.3 Å². The second-order valence-corrected chi connectivity index (χ2v) is 5.22. The van der Waals surface area contributed by atoms with Crippen LogP contribution >= 0.6 is 0 Å². The maximum Gasteiger partial charge on any atom is 0.336 e. The number of phenolic OH excluding ortho intramolecular Hbond substituents is 1. The number of aromatic carboxylic acids is 1. The van der Waals surface area contributed by atoms with Gasteiger partial charge in [-0.1, -0.05) is 30.3 Å². The standard InChI is InChI=1S/C18H10O4/c19-14-8-7-12-15-10(5-6-13(16(14)15)18(21)22)9-3-1-2-4-11(9)17(12)20/h1-8,19H,(H,21,22). The van der Waals surface area contributed by atoms with Crippen LogP contribution in [0, 0.1) is 0 Å². The first kappa shape index (κ1) is 12.6. The smallest absolute Gasteiger partial charge is 0.336 e. The summed E-state index contributed by atoms with van der Waals surface area (Å²) < 4.78 is 0. The van der Waals surface area contributed by atoms with Gasteiger partial charge in [0.2, 0.25) is 0 Å². The van der Waals surface area contributed by atoms with Crippen molar-refractivity contribution < 1.29 is 19.8 Å². The molecule has 4 nitrogen and oxygen atoms in total. The number of carbonyl (C=O) groups excluding carboxylic acids is 1. The first-order valence-electron chi connectivity index (χ1n) is 6.75. The van der Waals surface area contributed by atoms with Crippen molar-refractivity contribution in [3.63, 3.8) is 0 Å². The molecule has 106 valence electrons. The van der Waals surface area contributed by atoms with Crippen LogP contribution in [-0.2, 0) is 0 Å². The van der Waals surface area contributed by atoms with Gasteiger partial charge in [-0.25, -0.2) is 4.79 Å². The van der Waals surface area contributed by atoms with Gasteiger partial charge in [0.25, 0.3) is 0 Å². The van der Waals surface area contributed by atoms with Gasteiger partial charge in [0, 0.05) is 21.9 Å². The molecule has 2 N–H and O–H groups in total. The Kier molecular flexibility index (Phi) is 2.39. The third-order valence-electron chi connectivity index (χ3n) is 4.08. The van der Waals surface area contributed by atoms with Gasteiger partial charge in [0.05, 0.1) is 5.56 Å². The Hall–Kier alpha value is -3.14. The molecular formula is C18H10O4. The van der Waals surface area contributed by atoms with E-state index in [4.69, 9.17) is 0 Å². The summed E-state index contributed by atoms with van der Waals surface area (Å²) in [6.07, 6.45) is 0. The fourth-order valence-corrected chi connectivity index (χ4v) is 3.13. The first-order valence-corrected chi connectivity index (χ1v) is 6.75. The average molecular weight is 290 g/mol. The maximum absolute atomic E-state index is 12.7. The Morgan fingerprint density at radius 1 is 0.773 bits per heavy atom. The Morgan fingerprint density at radius 2 is 1.45 bits per heavy atom. The number of phenols is 1. The predicted octanol–water partition coefficient (Wildman–Crippen LogP) is 3.46. The Labute approximate surface area is 125 Å².